The molecule has 0 aliphatic carbocycles. The second-order valence-corrected chi connectivity index (χ2v) is 4.76. The summed E-state index contributed by atoms with van der Waals surface area (Å²) < 4.78 is 13.7. The van der Waals surface area contributed by atoms with Gasteiger partial charge in [-0.3, -0.25) is 4.98 Å². The van der Waals surface area contributed by atoms with Crippen molar-refractivity contribution in [3.8, 4) is 0 Å². The molecule has 0 radical (unpaired) electrons. The van der Waals surface area contributed by atoms with E-state index >= 15 is 0 Å². The lowest BCUT2D eigenvalue weighted by Gasteiger charge is -2.07. The Hall–Kier alpha value is -1.13. The predicted molar refractivity (Wildman–Crippen MR) is 70.7 cm³/mol. The summed E-state index contributed by atoms with van der Waals surface area (Å²) in [7, 11) is 0. The molecule has 2 aromatic rings. The first-order valence-electron chi connectivity index (χ1n) is 4.93. The van der Waals surface area contributed by atoms with E-state index in [1.165, 1.54) is 12.3 Å². The molecule has 17 heavy (non-hydrogen) atoms. The first kappa shape index (κ1) is 12.3. The summed E-state index contributed by atoms with van der Waals surface area (Å²) in [6.07, 6.45) is 2.80. The fourth-order valence-electron chi connectivity index (χ4n) is 1.36. The van der Waals surface area contributed by atoms with Crippen LogP contribution in [0, 0.1) is 5.82 Å². The van der Waals surface area contributed by atoms with Gasteiger partial charge < -0.3 is 5.32 Å². The number of aromatic nitrogens is 1. The van der Waals surface area contributed by atoms with Crippen molar-refractivity contribution in [1.82, 2.24) is 4.98 Å². The third-order valence-corrected chi connectivity index (χ3v) is 3.41. The Morgan fingerprint density at radius 1 is 1.29 bits per heavy atom. The molecular formula is C12H9BrClFN2. The third kappa shape index (κ3) is 3.41. The Morgan fingerprint density at radius 3 is 2.82 bits per heavy atom. The van der Waals surface area contributed by atoms with Crippen molar-refractivity contribution >= 4 is 33.2 Å². The van der Waals surface area contributed by atoms with E-state index in [1.54, 1.807) is 12.3 Å². The average molecular weight is 316 g/mol. The fourth-order valence-corrected chi connectivity index (χ4v) is 1.79. The topological polar surface area (TPSA) is 24.9 Å². The number of hydrogen-bond acceptors (Lipinski definition) is 2. The van der Waals surface area contributed by atoms with Crippen LogP contribution in [-0.4, -0.2) is 4.98 Å². The fraction of sp³-hybridized carbons (Fsp3) is 0.0833. The molecule has 2 rings (SSSR count). The molecule has 0 unspecified atom stereocenters. The van der Waals surface area contributed by atoms with E-state index in [0.29, 0.717) is 11.6 Å². The highest BCUT2D eigenvalue weighted by molar-refractivity contribution is 9.10. The van der Waals surface area contributed by atoms with Gasteiger partial charge in [-0.1, -0.05) is 11.6 Å². The van der Waals surface area contributed by atoms with Gasteiger partial charge in [-0.15, -0.1) is 0 Å². The zero-order valence-corrected chi connectivity index (χ0v) is 11.1. The molecule has 0 atom stereocenters. The number of pyridine rings is 1. The Balaban J connectivity index is 2.05. The molecule has 1 N–H and O–H groups in total. The van der Waals surface area contributed by atoms with Crippen LogP contribution in [0.5, 0.6) is 0 Å². The van der Waals surface area contributed by atoms with Gasteiger partial charge in [0.2, 0.25) is 0 Å². The number of nitrogens with zero attached hydrogens (tertiary/aromatic N) is 1. The molecule has 5 heteroatoms. The Kier molecular flexibility index (Phi) is 3.97. The first-order valence-corrected chi connectivity index (χ1v) is 6.10. The summed E-state index contributed by atoms with van der Waals surface area (Å²) in [5.74, 6) is -0.335. The lowest BCUT2D eigenvalue weighted by molar-refractivity contribution is 0.619. The molecule has 0 saturated heterocycles. The van der Waals surface area contributed by atoms with Gasteiger partial charge in [-0.2, -0.15) is 0 Å². The van der Waals surface area contributed by atoms with Crippen LogP contribution >= 0.6 is 27.5 Å². The highest BCUT2D eigenvalue weighted by Gasteiger charge is 2.00. The number of hydrogen-bond donors (Lipinski definition) is 1. The van der Waals surface area contributed by atoms with Crippen molar-refractivity contribution in [3.05, 3.63) is 57.5 Å². The second-order valence-electron chi connectivity index (χ2n) is 3.49. The molecule has 1 aromatic heterocycles. The van der Waals surface area contributed by atoms with Gasteiger partial charge in [0.15, 0.2) is 0 Å². The van der Waals surface area contributed by atoms with Crippen LogP contribution in [0.1, 0.15) is 5.56 Å². The summed E-state index contributed by atoms with van der Waals surface area (Å²) in [4.78, 5) is 3.78. The third-order valence-electron chi connectivity index (χ3n) is 2.18. The van der Waals surface area contributed by atoms with Crippen molar-refractivity contribution in [3.63, 3.8) is 0 Å². The lowest BCUT2D eigenvalue weighted by Crippen LogP contribution is -2.00. The monoisotopic (exact) mass is 314 g/mol. The molecule has 1 heterocycles. The van der Waals surface area contributed by atoms with E-state index in [4.69, 9.17) is 11.6 Å². The van der Waals surface area contributed by atoms with E-state index < -0.39 is 0 Å². The molecular weight excluding hydrogens is 307 g/mol. The van der Waals surface area contributed by atoms with Gasteiger partial charge in [-0.25, -0.2) is 4.39 Å². The van der Waals surface area contributed by atoms with Crippen molar-refractivity contribution in [2.24, 2.45) is 0 Å². The highest BCUT2D eigenvalue weighted by atomic mass is 79.9. The Morgan fingerprint density at radius 2 is 2.12 bits per heavy atom. The first-order chi connectivity index (χ1) is 8.15. The maximum Gasteiger partial charge on any atom is 0.141 e. The zero-order valence-electron chi connectivity index (χ0n) is 8.75. The van der Waals surface area contributed by atoms with Gasteiger partial charge >= 0.3 is 0 Å². The number of benzene rings is 1. The molecule has 0 bridgehead atoms. The van der Waals surface area contributed by atoms with Crippen molar-refractivity contribution in [2.75, 3.05) is 5.32 Å². The number of halogens is 3. The molecule has 0 aliphatic rings. The van der Waals surface area contributed by atoms with Crippen LogP contribution in [0.15, 0.2) is 41.1 Å². The maximum absolute atomic E-state index is 12.9. The highest BCUT2D eigenvalue weighted by Crippen LogP contribution is 2.25. The summed E-state index contributed by atoms with van der Waals surface area (Å²) in [5.41, 5.74) is 1.66. The van der Waals surface area contributed by atoms with Crippen LogP contribution in [0.25, 0.3) is 0 Å². The van der Waals surface area contributed by atoms with Gasteiger partial charge in [-0.05, 0) is 45.8 Å². The number of nitrogens with one attached hydrogen (secondary N) is 1. The minimum atomic E-state index is -0.335. The molecule has 0 aliphatic heterocycles. The molecule has 0 spiro atoms. The van der Waals surface area contributed by atoms with Crippen molar-refractivity contribution in [2.45, 2.75) is 6.54 Å². The molecule has 0 saturated carbocycles. The average Bonchev–Trinajstić information content (AvgIpc) is 2.31. The van der Waals surface area contributed by atoms with Crippen LogP contribution in [0.2, 0.25) is 5.02 Å². The maximum atomic E-state index is 12.9. The molecule has 0 fully saturated rings. The predicted octanol–water partition coefficient (Wildman–Crippen LogP) is 4.25. The second kappa shape index (κ2) is 5.47. The van der Waals surface area contributed by atoms with Crippen LogP contribution < -0.4 is 5.32 Å². The van der Waals surface area contributed by atoms with Crippen LogP contribution in [0.4, 0.5) is 10.1 Å². The molecule has 1 aromatic carbocycles. The largest absolute Gasteiger partial charge is 0.381 e. The number of anilines is 1. The minimum Gasteiger partial charge on any atom is -0.381 e. The SMILES string of the molecule is Fc1cncc(CNc2ccc(Br)c(Cl)c2)c1. The van der Waals surface area contributed by atoms with Gasteiger partial charge in [0.05, 0.1) is 11.2 Å². The Bertz CT molecular complexity index is 534. The lowest BCUT2D eigenvalue weighted by atomic mass is 10.2. The molecule has 88 valence electrons. The van der Waals surface area contributed by atoms with Gasteiger partial charge in [0.25, 0.3) is 0 Å². The smallest absolute Gasteiger partial charge is 0.141 e. The van der Waals surface area contributed by atoms with Gasteiger partial charge in [0, 0.05) is 22.9 Å². The summed E-state index contributed by atoms with van der Waals surface area (Å²) in [6, 6.07) is 7.00. The van der Waals surface area contributed by atoms with E-state index in [0.717, 1.165) is 15.7 Å². The summed E-state index contributed by atoms with van der Waals surface area (Å²) in [6.45, 7) is 0.503. The van der Waals surface area contributed by atoms with Crippen LogP contribution in [0.3, 0.4) is 0 Å². The van der Waals surface area contributed by atoms with Crippen molar-refractivity contribution in [1.29, 1.82) is 0 Å². The zero-order chi connectivity index (χ0) is 12.3. The molecule has 2 nitrogen and oxygen atoms in total. The van der Waals surface area contributed by atoms with E-state index in [-0.39, 0.29) is 5.82 Å². The Labute approximate surface area is 112 Å². The summed E-state index contributed by atoms with van der Waals surface area (Å²) >= 11 is 9.28. The van der Waals surface area contributed by atoms with Crippen LogP contribution in [-0.2, 0) is 6.54 Å². The van der Waals surface area contributed by atoms with E-state index in [2.05, 4.69) is 26.2 Å². The summed E-state index contributed by atoms with van der Waals surface area (Å²) in [5, 5.41) is 3.78. The minimum absolute atomic E-state index is 0.335. The standard InChI is InChI=1S/C12H9BrClFN2/c13-11-2-1-10(4-12(11)14)17-6-8-3-9(15)7-16-5-8/h1-5,7,17H,6H2. The molecule has 0 amide bonds. The van der Waals surface area contributed by atoms with Crippen molar-refractivity contribution < 1.29 is 4.39 Å². The van der Waals surface area contributed by atoms with Gasteiger partial charge in [0.1, 0.15) is 5.82 Å². The number of rotatable bonds is 3. The quantitative estimate of drug-likeness (QED) is 0.916. The normalized spacial score (nSPS) is 10.3. The van der Waals surface area contributed by atoms with E-state index in [9.17, 15) is 4.39 Å². The van der Waals surface area contributed by atoms with E-state index in [1.807, 2.05) is 12.1 Å².